The van der Waals surface area contributed by atoms with E-state index in [1.54, 1.807) is 0 Å². The Kier molecular flexibility index (Phi) is 6.29. The number of fused-ring (bicyclic) bond motifs is 4. The standard InChI is InChI=1S/C17H35N5O/c1-12-3-2-4-14(18)15-9-13(5-6-19-15)17-16(20-10-12)11-21-22(17)7-8-23/h12-17,19-21,23H,2-11,18H2,1H3/t12-,13?,14+,15?,16?,17?/m1/s1. The maximum atomic E-state index is 9.40. The Bertz CT molecular complexity index is 369. The third-order valence-corrected chi connectivity index (χ3v) is 6.07. The lowest BCUT2D eigenvalue weighted by Gasteiger charge is -2.41. The zero-order valence-corrected chi connectivity index (χ0v) is 14.5. The first-order valence-corrected chi connectivity index (χ1v) is 9.52. The number of hydrogen-bond acceptors (Lipinski definition) is 6. The Labute approximate surface area is 140 Å². The van der Waals surface area contributed by atoms with Gasteiger partial charge in [-0.2, -0.15) is 0 Å². The largest absolute Gasteiger partial charge is 0.395 e. The van der Waals surface area contributed by atoms with E-state index in [4.69, 9.17) is 5.73 Å². The Morgan fingerprint density at radius 2 is 2.00 bits per heavy atom. The number of piperidine rings is 1. The summed E-state index contributed by atoms with van der Waals surface area (Å²) >= 11 is 0. The highest BCUT2D eigenvalue weighted by atomic mass is 16.3. The van der Waals surface area contributed by atoms with Crippen molar-refractivity contribution in [2.45, 2.75) is 63.2 Å². The average molecular weight is 326 g/mol. The van der Waals surface area contributed by atoms with Gasteiger partial charge < -0.3 is 21.5 Å². The summed E-state index contributed by atoms with van der Waals surface area (Å²) in [5.74, 6) is 1.34. The molecule has 0 aromatic rings. The average Bonchev–Trinajstić information content (AvgIpc) is 2.95. The van der Waals surface area contributed by atoms with Crippen LogP contribution in [0.4, 0.5) is 0 Å². The number of nitrogens with two attached hydrogens (primary N) is 1. The lowest BCUT2D eigenvalue weighted by atomic mass is 9.80. The van der Waals surface area contributed by atoms with Gasteiger partial charge >= 0.3 is 0 Å². The summed E-state index contributed by atoms with van der Waals surface area (Å²) in [5, 5.41) is 19.2. The molecule has 0 aliphatic carbocycles. The van der Waals surface area contributed by atoms with Crippen LogP contribution in [0.1, 0.15) is 39.0 Å². The van der Waals surface area contributed by atoms with Gasteiger partial charge in [0.2, 0.25) is 0 Å². The lowest BCUT2D eigenvalue weighted by Crippen LogP contribution is -2.57. The van der Waals surface area contributed by atoms with Gasteiger partial charge in [0, 0.05) is 37.3 Å². The summed E-state index contributed by atoms with van der Waals surface area (Å²) in [7, 11) is 0. The van der Waals surface area contributed by atoms with Crippen LogP contribution in [0.25, 0.3) is 0 Å². The van der Waals surface area contributed by atoms with Crippen LogP contribution in [-0.4, -0.2) is 67.1 Å². The van der Waals surface area contributed by atoms with Crippen LogP contribution in [0, 0.1) is 11.8 Å². The number of hydrogen-bond donors (Lipinski definition) is 5. The third kappa shape index (κ3) is 4.24. The van der Waals surface area contributed by atoms with Crippen molar-refractivity contribution in [3.63, 3.8) is 0 Å². The first-order valence-electron chi connectivity index (χ1n) is 9.52. The van der Waals surface area contributed by atoms with Crippen molar-refractivity contribution in [2.75, 3.05) is 32.8 Å². The number of nitrogens with one attached hydrogen (secondary N) is 3. The van der Waals surface area contributed by atoms with E-state index < -0.39 is 0 Å². The van der Waals surface area contributed by atoms with E-state index in [0.29, 0.717) is 36.5 Å². The number of β-amino-alcohol motifs (C(OH)–C–C–N with tert-alkyl or cyclic N) is 1. The van der Waals surface area contributed by atoms with Gasteiger partial charge in [-0.15, -0.1) is 0 Å². The molecule has 6 atom stereocenters. The fourth-order valence-corrected chi connectivity index (χ4v) is 4.75. The van der Waals surface area contributed by atoms with Crippen molar-refractivity contribution in [1.29, 1.82) is 0 Å². The minimum absolute atomic E-state index is 0.209. The molecule has 3 aliphatic rings. The zero-order chi connectivity index (χ0) is 16.2. The van der Waals surface area contributed by atoms with Gasteiger partial charge in [0.25, 0.3) is 0 Å². The Morgan fingerprint density at radius 3 is 2.83 bits per heavy atom. The first kappa shape index (κ1) is 17.6. The zero-order valence-electron chi connectivity index (χ0n) is 14.5. The highest BCUT2D eigenvalue weighted by Crippen LogP contribution is 2.30. The van der Waals surface area contributed by atoms with Crippen molar-refractivity contribution < 1.29 is 5.11 Å². The fraction of sp³-hybridized carbons (Fsp3) is 1.00. The summed E-state index contributed by atoms with van der Waals surface area (Å²) in [6, 6.07) is 1.66. The monoisotopic (exact) mass is 325 g/mol. The fourth-order valence-electron chi connectivity index (χ4n) is 4.75. The van der Waals surface area contributed by atoms with Gasteiger partial charge in [-0.3, -0.25) is 5.43 Å². The molecule has 6 N–H and O–H groups in total. The topological polar surface area (TPSA) is 85.6 Å². The number of rotatable bonds is 2. The van der Waals surface area contributed by atoms with Crippen molar-refractivity contribution in [3.8, 4) is 0 Å². The molecular formula is C17H35N5O. The van der Waals surface area contributed by atoms with Crippen molar-refractivity contribution >= 4 is 0 Å². The van der Waals surface area contributed by atoms with E-state index in [1.165, 1.54) is 19.3 Å². The van der Waals surface area contributed by atoms with Crippen LogP contribution in [0.5, 0.6) is 0 Å². The van der Waals surface area contributed by atoms with E-state index in [0.717, 1.165) is 32.5 Å². The second-order valence-electron chi connectivity index (χ2n) is 7.83. The molecule has 3 fully saturated rings. The van der Waals surface area contributed by atoms with Gasteiger partial charge in [-0.05, 0) is 50.6 Å². The summed E-state index contributed by atoms with van der Waals surface area (Å²) in [6.45, 7) is 6.37. The molecule has 0 aromatic carbocycles. The molecule has 3 aliphatic heterocycles. The van der Waals surface area contributed by atoms with Gasteiger partial charge in [0.1, 0.15) is 0 Å². The Hall–Kier alpha value is -0.240. The SMILES string of the molecule is C[C@@H]1CCC[C@H](N)C2CC(CCN2)C2C(CNN2CCO)NC1. The summed E-state index contributed by atoms with van der Waals surface area (Å²) in [6.07, 6.45) is 5.97. The number of aliphatic hydroxyl groups excluding tert-OH is 1. The molecule has 134 valence electrons. The molecule has 0 amide bonds. The van der Waals surface area contributed by atoms with Crippen LogP contribution in [-0.2, 0) is 0 Å². The summed E-state index contributed by atoms with van der Waals surface area (Å²) in [5.41, 5.74) is 10.0. The lowest BCUT2D eigenvalue weighted by molar-refractivity contribution is 0.0761. The molecule has 3 heterocycles. The normalized spacial score (nSPS) is 43.4. The van der Waals surface area contributed by atoms with Crippen molar-refractivity contribution in [1.82, 2.24) is 21.1 Å². The molecule has 3 rings (SSSR count). The summed E-state index contributed by atoms with van der Waals surface area (Å²) in [4.78, 5) is 0. The molecule has 0 spiro atoms. The second-order valence-corrected chi connectivity index (χ2v) is 7.83. The number of nitrogens with zero attached hydrogens (tertiary/aromatic N) is 1. The van der Waals surface area contributed by atoms with Gasteiger partial charge in [-0.25, -0.2) is 5.01 Å². The Balaban J connectivity index is 1.76. The highest BCUT2D eigenvalue weighted by molar-refractivity contribution is 4.99. The minimum Gasteiger partial charge on any atom is -0.395 e. The maximum absolute atomic E-state index is 9.40. The van der Waals surface area contributed by atoms with Gasteiger partial charge in [0.05, 0.1) is 6.61 Å². The predicted molar refractivity (Wildman–Crippen MR) is 92.9 cm³/mol. The van der Waals surface area contributed by atoms with E-state index >= 15 is 0 Å². The van der Waals surface area contributed by atoms with E-state index in [-0.39, 0.29) is 12.6 Å². The van der Waals surface area contributed by atoms with Crippen LogP contribution >= 0.6 is 0 Å². The quantitative estimate of drug-likeness (QED) is 0.477. The number of hydrazine groups is 1. The van der Waals surface area contributed by atoms with Crippen LogP contribution < -0.4 is 21.8 Å². The molecule has 0 aromatic heterocycles. The van der Waals surface area contributed by atoms with Crippen molar-refractivity contribution in [2.24, 2.45) is 17.6 Å². The second kappa shape index (κ2) is 8.23. The minimum atomic E-state index is 0.209. The van der Waals surface area contributed by atoms with E-state index in [1.807, 2.05) is 0 Å². The van der Waals surface area contributed by atoms with Crippen LogP contribution in [0.15, 0.2) is 0 Å². The first-order chi connectivity index (χ1) is 11.2. The number of aliphatic hydroxyl groups is 1. The molecule has 0 saturated carbocycles. The summed E-state index contributed by atoms with van der Waals surface area (Å²) < 4.78 is 0. The molecule has 6 nitrogen and oxygen atoms in total. The van der Waals surface area contributed by atoms with Crippen molar-refractivity contribution in [3.05, 3.63) is 0 Å². The van der Waals surface area contributed by atoms with E-state index in [9.17, 15) is 5.11 Å². The molecule has 3 saturated heterocycles. The van der Waals surface area contributed by atoms with Gasteiger partial charge in [0.15, 0.2) is 0 Å². The third-order valence-electron chi connectivity index (χ3n) is 6.07. The van der Waals surface area contributed by atoms with Crippen LogP contribution in [0.2, 0.25) is 0 Å². The molecular weight excluding hydrogens is 290 g/mol. The Morgan fingerprint density at radius 1 is 1.13 bits per heavy atom. The predicted octanol–water partition coefficient (Wildman–Crippen LogP) is -0.359. The molecule has 23 heavy (non-hydrogen) atoms. The molecule has 2 bridgehead atoms. The highest BCUT2D eigenvalue weighted by Gasteiger charge is 2.41. The van der Waals surface area contributed by atoms with Gasteiger partial charge in [-0.1, -0.05) is 13.3 Å². The molecule has 6 heteroatoms. The molecule has 4 unspecified atom stereocenters. The van der Waals surface area contributed by atoms with Crippen LogP contribution in [0.3, 0.4) is 0 Å². The smallest absolute Gasteiger partial charge is 0.0572 e. The van der Waals surface area contributed by atoms with E-state index in [2.05, 4.69) is 28.0 Å². The molecule has 0 radical (unpaired) electrons. The maximum Gasteiger partial charge on any atom is 0.0572 e.